The first-order valence-electron chi connectivity index (χ1n) is 5.94. The third kappa shape index (κ3) is 4.29. The number of carbonyl (C=O) groups is 2. The van der Waals surface area contributed by atoms with Crippen LogP contribution in [0.2, 0.25) is 0 Å². The first-order chi connectivity index (χ1) is 8.75. The van der Waals surface area contributed by atoms with Crippen molar-refractivity contribution in [2.75, 3.05) is 6.54 Å². The number of aliphatic carboxylic acids is 1. The summed E-state index contributed by atoms with van der Waals surface area (Å²) in [6.07, 6.45) is 0.611. The van der Waals surface area contributed by atoms with Crippen LogP contribution in [0.5, 0.6) is 0 Å². The van der Waals surface area contributed by atoms with Gasteiger partial charge in [0.25, 0.3) is 5.91 Å². The highest BCUT2D eigenvalue weighted by Gasteiger charge is 2.33. The molecule has 0 saturated carbocycles. The lowest BCUT2D eigenvalue weighted by Crippen LogP contribution is -2.49. The fourth-order valence-electron chi connectivity index (χ4n) is 1.51. The molecular formula is C12H19N3O3S. The van der Waals surface area contributed by atoms with Gasteiger partial charge in [-0.1, -0.05) is 20.8 Å². The standard InChI is InChI=1S/C12H19N3O3S/c1-12(2,3)9(11(17)18)15-10(16)7-6-19-8(14-7)4-5-13/h6,9H,4-5,13H2,1-3H3,(H,15,16)(H,17,18)/t9-/m0/s1. The van der Waals surface area contributed by atoms with E-state index in [1.165, 1.54) is 11.3 Å². The maximum atomic E-state index is 12.0. The van der Waals surface area contributed by atoms with E-state index in [-0.39, 0.29) is 5.69 Å². The summed E-state index contributed by atoms with van der Waals surface area (Å²) < 4.78 is 0. The number of aromatic nitrogens is 1. The van der Waals surface area contributed by atoms with Crippen molar-refractivity contribution in [3.05, 3.63) is 16.1 Å². The van der Waals surface area contributed by atoms with Crippen molar-refractivity contribution in [3.63, 3.8) is 0 Å². The average molecular weight is 285 g/mol. The molecule has 0 aromatic carbocycles. The molecule has 19 heavy (non-hydrogen) atoms. The Labute approximate surface area is 116 Å². The Kier molecular flexibility index (Phi) is 5.02. The molecule has 0 fully saturated rings. The van der Waals surface area contributed by atoms with E-state index in [0.29, 0.717) is 13.0 Å². The van der Waals surface area contributed by atoms with E-state index in [1.54, 1.807) is 26.2 Å². The minimum Gasteiger partial charge on any atom is -0.480 e. The minimum absolute atomic E-state index is 0.240. The van der Waals surface area contributed by atoms with Gasteiger partial charge >= 0.3 is 5.97 Å². The Bertz CT molecular complexity index is 465. The van der Waals surface area contributed by atoms with Crippen LogP contribution in [-0.2, 0) is 11.2 Å². The van der Waals surface area contributed by atoms with Gasteiger partial charge in [0.05, 0.1) is 5.01 Å². The van der Waals surface area contributed by atoms with Gasteiger partial charge in [0.2, 0.25) is 0 Å². The van der Waals surface area contributed by atoms with Crippen LogP contribution in [0, 0.1) is 5.41 Å². The van der Waals surface area contributed by atoms with E-state index in [4.69, 9.17) is 10.8 Å². The highest BCUT2D eigenvalue weighted by atomic mass is 32.1. The Hall–Kier alpha value is -1.47. The largest absolute Gasteiger partial charge is 0.480 e. The fourth-order valence-corrected chi connectivity index (χ4v) is 2.30. The van der Waals surface area contributed by atoms with Crippen molar-refractivity contribution >= 4 is 23.2 Å². The summed E-state index contributed by atoms with van der Waals surface area (Å²) in [6.45, 7) is 5.74. The first kappa shape index (κ1) is 15.6. The molecule has 0 aliphatic rings. The average Bonchev–Trinajstić information content (AvgIpc) is 2.72. The van der Waals surface area contributed by atoms with Gasteiger partial charge in [0.15, 0.2) is 0 Å². The van der Waals surface area contributed by atoms with Gasteiger partial charge in [0.1, 0.15) is 11.7 Å². The van der Waals surface area contributed by atoms with Crippen LogP contribution in [0.1, 0.15) is 36.3 Å². The second-order valence-corrected chi connectivity index (χ2v) is 6.22. The molecule has 0 aliphatic heterocycles. The van der Waals surface area contributed by atoms with Crippen molar-refractivity contribution in [2.45, 2.75) is 33.2 Å². The molecule has 0 saturated heterocycles. The number of nitrogens with one attached hydrogen (secondary N) is 1. The van der Waals surface area contributed by atoms with Crippen LogP contribution >= 0.6 is 11.3 Å². The molecule has 0 radical (unpaired) electrons. The predicted molar refractivity (Wildman–Crippen MR) is 73.2 cm³/mol. The quantitative estimate of drug-likeness (QED) is 0.744. The van der Waals surface area contributed by atoms with Crippen LogP contribution in [0.3, 0.4) is 0 Å². The molecule has 1 aromatic heterocycles. The number of thiazole rings is 1. The number of carboxylic acid groups (broad SMARTS) is 1. The maximum absolute atomic E-state index is 12.0. The number of hydrogen-bond donors (Lipinski definition) is 3. The summed E-state index contributed by atoms with van der Waals surface area (Å²) in [5, 5.41) is 14.0. The van der Waals surface area contributed by atoms with E-state index in [0.717, 1.165) is 5.01 Å². The molecule has 0 aliphatic carbocycles. The second-order valence-electron chi connectivity index (χ2n) is 5.28. The number of nitrogens with zero attached hydrogens (tertiary/aromatic N) is 1. The molecule has 1 atom stereocenters. The van der Waals surface area contributed by atoms with Gasteiger partial charge in [-0.15, -0.1) is 11.3 Å². The monoisotopic (exact) mass is 285 g/mol. The lowest BCUT2D eigenvalue weighted by Gasteiger charge is -2.27. The number of amides is 1. The van der Waals surface area contributed by atoms with Gasteiger partial charge in [0, 0.05) is 11.8 Å². The minimum atomic E-state index is -1.06. The zero-order chi connectivity index (χ0) is 14.6. The van der Waals surface area contributed by atoms with Gasteiger partial charge < -0.3 is 16.2 Å². The van der Waals surface area contributed by atoms with E-state index >= 15 is 0 Å². The maximum Gasteiger partial charge on any atom is 0.326 e. The molecule has 0 unspecified atom stereocenters. The number of nitrogens with two attached hydrogens (primary N) is 1. The van der Waals surface area contributed by atoms with E-state index < -0.39 is 23.3 Å². The number of carboxylic acids is 1. The summed E-state index contributed by atoms with van der Waals surface area (Å²) in [6, 6.07) is -0.959. The summed E-state index contributed by atoms with van der Waals surface area (Å²) in [5.74, 6) is -1.53. The summed E-state index contributed by atoms with van der Waals surface area (Å²) in [5.41, 5.74) is 5.08. The lowest BCUT2D eigenvalue weighted by molar-refractivity contribution is -0.142. The molecule has 4 N–H and O–H groups in total. The van der Waals surface area contributed by atoms with Crippen LogP contribution in [0.15, 0.2) is 5.38 Å². The number of carbonyl (C=O) groups excluding carboxylic acids is 1. The molecule has 6 nitrogen and oxygen atoms in total. The molecule has 7 heteroatoms. The summed E-state index contributed by atoms with van der Waals surface area (Å²) in [7, 11) is 0. The van der Waals surface area contributed by atoms with Crippen LogP contribution in [-0.4, -0.2) is 34.6 Å². The van der Waals surface area contributed by atoms with Gasteiger partial charge in [-0.2, -0.15) is 0 Å². The van der Waals surface area contributed by atoms with Crippen molar-refractivity contribution in [1.82, 2.24) is 10.3 Å². The normalized spacial score (nSPS) is 13.1. The molecule has 1 rings (SSSR count). The first-order valence-corrected chi connectivity index (χ1v) is 6.82. The van der Waals surface area contributed by atoms with Crippen molar-refractivity contribution < 1.29 is 14.7 Å². The van der Waals surface area contributed by atoms with Gasteiger partial charge in [-0.05, 0) is 12.0 Å². The summed E-state index contributed by atoms with van der Waals surface area (Å²) >= 11 is 1.35. The number of hydrogen-bond acceptors (Lipinski definition) is 5. The molecule has 0 bridgehead atoms. The summed E-state index contributed by atoms with van der Waals surface area (Å²) in [4.78, 5) is 27.3. The Morgan fingerprint density at radius 3 is 2.63 bits per heavy atom. The smallest absolute Gasteiger partial charge is 0.326 e. The Morgan fingerprint density at radius 1 is 1.53 bits per heavy atom. The lowest BCUT2D eigenvalue weighted by atomic mass is 9.87. The van der Waals surface area contributed by atoms with Gasteiger partial charge in [-0.25, -0.2) is 9.78 Å². The van der Waals surface area contributed by atoms with Crippen molar-refractivity contribution in [1.29, 1.82) is 0 Å². The molecule has 0 spiro atoms. The van der Waals surface area contributed by atoms with Crippen LogP contribution in [0.4, 0.5) is 0 Å². The highest BCUT2D eigenvalue weighted by molar-refractivity contribution is 7.09. The molecule has 1 heterocycles. The van der Waals surface area contributed by atoms with E-state index in [2.05, 4.69) is 10.3 Å². The third-order valence-corrected chi connectivity index (χ3v) is 3.44. The Morgan fingerprint density at radius 2 is 2.16 bits per heavy atom. The topological polar surface area (TPSA) is 105 Å². The third-order valence-electron chi connectivity index (χ3n) is 2.53. The van der Waals surface area contributed by atoms with Crippen molar-refractivity contribution in [2.24, 2.45) is 11.1 Å². The van der Waals surface area contributed by atoms with Gasteiger partial charge in [-0.3, -0.25) is 4.79 Å². The molecule has 1 aromatic rings. The zero-order valence-corrected chi connectivity index (χ0v) is 12.1. The number of rotatable bonds is 5. The zero-order valence-electron chi connectivity index (χ0n) is 11.3. The van der Waals surface area contributed by atoms with E-state index in [9.17, 15) is 9.59 Å². The second kappa shape index (κ2) is 6.12. The predicted octanol–water partition coefficient (Wildman–Crippen LogP) is 0.873. The van der Waals surface area contributed by atoms with Crippen molar-refractivity contribution in [3.8, 4) is 0 Å². The van der Waals surface area contributed by atoms with E-state index in [1.807, 2.05) is 0 Å². The van der Waals surface area contributed by atoms with Crippen LogP contribution in [0.25, 0.3) is 0 Å². The highest BCUT2D eigenvalue weighted by Crippen LogP contribution is 2.20. The fraction of sp³-hybridized carbons (Fsp3) is 0.583. The molecule has 106 valence electrons. The Balaban J connectivity index is 2.79. The van der Waals surface area contributed by atoms with Crippen LogP contribution < -0.4 is 11.1 Å². The molecular weight excluding hydrogens is 266 g/mol. The SMILES string of the molecule is CC(C)(C)[C@@H](NC(=O)c1csc(CCN)n1)C(=O)O. The molecule has 1 amide bonds.